The summed E-state index contributed by atoms with van der Waals surface area (Å²) < 4.78 is 0. The summed E-state index contributed by atoms with van der Waals surface area (Å²) in [6.45, 7) is 0. The van der Waals surface area contributed by atoms with Gasteiger partial charge >= 0.3 is 41.5 Å². The molecule has 1 aromatic heterocycles. The van der Waals surface area contributed by atoms with E-state index in [4.69, 9.17) is 10.2 Å². The van der Waals surface area contributed by atoms with Gasteiger partial charge in [0.2, 0.25) is 0 Å². The second kappa shape index (κ2) is 10.3. The largest absolute Gasteiger partial charge is 1.00 e. The fourth-order valence-electron chi connectivity index (χ4n) is 1.00. The van der Waals surface area contributed by atoms with E-state index in [1.807, 2.05) is 0 Å². The van der Waals surface area contributed by atoms with E-state index in [2.05, 4.69) is 9.97 Å². The van der Waals surface area contributed by atoms with Crippen LogP contribution >= 0.6 is 0 Å². The number of nitrogens with zero attached hydrogens (tertiary/aromatic N) is 1. The Morgan fingerprint density at radius 1 is 1.16 bits per heavy atom. The fourth-order valence-corrected chi connectivity index (χ4v) is 1.00. The van der Waals surface area contributed by atoms with Crippen molar-refractivity contribution in [3.8, 4) is 0 Å². The minimum Gasteiger partial charge on any atom is -1.00 e. The van der Waals surface area contributed by atoms with Gasteiger partial charge in [0.25, 0.3) is 0 Å². The molecule has 0 unspecified atom stereocenters. The number of aromatic amines is 1. The number of carboxylic acid groups (broad SMARTS) is 2. The molecule has 2 aromatic rings. The SMILES string of the molecule is O.O=C(O)c1cccc(C(=O)O)c1.[H-].[Na+].c1c[nH]cn1. The minimum atomic E-state index is -1.13. The summed E-state index contributed by atoms with van der Waals surface area (Å²) in [6, 6.07) is 5.20. The number of imidazole rings is 1. The molecule has 0 spiro atoms. The van der Waals surface area contributed by atoms with Gasteiger partial charge in [-0.2, -0.15) is 0 Å². The van der Waals surface area contributed by atoms with Gasteiger partial charge in [0.15, 0.2) is 0 Å². The molecule has 98 valence electrons. The zero-order valence-electron chi connectivity index (χ0n) is 11.2. The van der Waals surface area contributed by atoms with Crippen molar-refractivity contribution < 1.29 is 56.3 Å². The second-order valence-electron chi connectivity index (χ2n) is 2.95. The molecule has 0 aliphatic rings. The number of carbonyl (C=O) groups is 2. The van der Waals surface area contributed by atoms with Crippen LogP contribution in [-0.4, -0.2) is 37.6 Å². The first-order valence-electron chi connectivity index (χ1n) is 4.60. The molecular formula is C11H13N2NaO5. The van der Waals surface area contributed by atoms with E-state index in [9.17, 15) is 9.59 Å². The molecule has 0 amide bonds. The van der Waals surface area contributed by atoms with E-state index in [1.165, 1.54) is 18.2 Å². The third kappa shape index (κ3) is 7.37. The van der Waals surface area contributed by atoms with Gasteiger partial charge in [-0.05, 0) is 18.2 Å². The molecule has 0 aliphatic carbocycles. The van der Waals surface area contributed by atoms with Crippen LogP contribution in [0.15, 0.2) is 43.0 Å². The van der Waals surface area contributed by atoms with Crippen molar-refractivity contribution >= 4 is 11.9 Å². The van der Waals surface area contributed by atoms with Crippen LogP contribution in [0.1, 0.15) is 22.1 Å². The van der Waals surface area contributed by atoms with Crippen LogP contribution in [0.2, 0.25) is 0 Å². The van der Waals surface area contributed by atoms with Crippen molar-refractivity contribution in [1.29, 1.82) is 0 Å². The Hall–Kier alpha value is -1.67. The van der Waals surface area contributed by atoms with Crippen molar-refractivity contribution in [3.63, 3.8) is 0 Å². The van der Waals surface area contributed by atoms with Gasteiger partial charge in [0.1, 0.15) is 0 Å². The molecular weight excluding hydrogens is 263 g/mol. The van der Waals surface area contributed by atoms with Gasteiger partial charge in [0, 0.05) is 12.4 Å². The van der Waals surface area contributed by atoms with Crippen molar-refractivity contribution in [3.05, 3.63) is 54.1 Å². The molecule has 0 fully saturated rings. The maximum absolute atomic E-state index is 10.4. The average molecular weight is 276 g/mol. The van der Waals surface area contributed by atoms with E-state index < -0.39 is 11.9 Å². The summed E-state index contributed by atoms with van der Waals surface area (Å²) in [5, 5.41) is 17.0. The first kappa shape index (κ1) is 19.7. The summed E-state index contributed by atoms with van der Waals surface area (Å²) >= 11 is 0. The van der Waals surface area contributed by atoms with Gasteiger partial charge in [-0.25, -0.2) is 14.6 Å². The molecule has 5 N–H and O–H groups in total. The van der Waals surface area contributed by atoms with Gasteiger partial charge in [0.05, 0.1) is 17.5 Å². The Morgan fingerprint density at radius 3 is 1.95 bits per heavy atom. The number of hydrogen-bond donors (Lipinski definition) is 3. The zero-order chi connectivity index (χ0) is 12.7. The third-order valence-electron chi connectivity index (χ3n) is 1.76. The standard InChI is InChI=1S/C8H6O4.C3H4N2.Na.H2O.H/c9-7(10)5-2-1-3-6(4-5)8(11)12;1-2-5-3-4-1;;;/h1-4H,(H,9,10)(H,11,12);1-3H,(H,4,5);;1H2;/q;;+1;;-1. The number of carboxylic acids is 2. The van der Waals surface area contributed by atoms with Crippen LogP contribution < -0.4 is 29.6 Å². The van der Waals surface area contributed by atoms with E-state index in [-0.39, 0.29) is 47.6 Å². The number of nitrogens with one attached hydrogen (secondary N) is 1. The molecule has 1 aromatic carbocycles. The van der Waals surface area contributed by atoms with Crippen molar-refractivity contribution in [1.82, 2.24) is 9.97 Å². The van der Waals surface area contributed by atoms with Gasteiger partial charge in [-0.15, -0.1) is 0 Å². The van der Waals surface area contributed by atoms with Crippen molar-refractivity contribution in [2.45, 2.75) is 0 Å². The van der Waals surface area contributed by atoms with Crippen LogP contribution in [0.4, 0.5) is 0 Å². The average Bonchev–Trinajstić information content (AvgIpc) is 2.87. The number of rotatable bonds is 2. The van der Waals surface area contributed by atoms with Crippen LogP contribution in [0, 0.1) is 0 Å². The fraction of sp³-hybridized carbons (Fsp3) is 0. The molecule has 7 nitrogen and oxygen atoms in total. The maximum atomic E-state index is 10.4. The van der Waals surface area contributed by atoms with E-state index >= 15 is 0 Å². The Balaban J connectivity index is -0.000000312. The number of hydrogen-bond acceptors (Lipinski definition) is 3. The predicted octanol–water partition coefficient (Wildman–Crippen LogP) is -2.22. The zero-order valence-corrected chi connectivity index (χ0v) is 12.2. The Morgan fingerprint density at radius 2 is 1.68 bits per heavy atom. The molecule has 2 rings (SSSR count). The number of aromatic nitrogens is 2. The first-order valence-corrected chi connectivity index (χ1v) is 4.60. The summed E-state index contributed by atoms with van der Waals surface area (Å²) in [5.74, 6) is -2.25. The minimum absolute atomic E-state index is 0. The van der Waals surface area contributed by atoms with Gasteiger partial charge in [-0.1, -0.05) is 6.07 Å². The predicted molar refractivity (Wildman–Crippen MR) is 63.7 cm³/mol. The smallest absolute Gasteiger partial charge is 1.00 e. The van der Waals surface area contributed by atoms with E-state index in [0.29, 0.717) is 0 Å². The van der Waals surface area contributed by atoms with Gasteiger partial charge < -0.3 is 22.1 Å². The summed E-state index contributed by atoms with van der Waals surface area (Å²) in [7, 11) is 0. The number of benzene rings is 1. The molecule has 0 bridgehead atoms. The molecule has 1 heterocycles. The van der Waals surface area contributed by atoms with E-state index in [0.717, 1.165) is 6.07 Å². The summed E-state index contributed by atoms with van der Waals surface area (Å²) in [4.78, 5) is 27.2. The summed E-state index contributed by atoms with van der Waals surface area (Å²) in [5.41, 5.74) is -0.0372. The molecule has 0 saturated heterocycles. The topological polar surface area (TPSA) is 135 Å². The normalized spacial score (nSPS) is 8.00. The maximum Gasteiger partial charge on any atom is 1.00 e. The molecule has 0 atom stereocenters. The summed E-state index contributed by atoms with van der Waals surface area (Å²) in [6.07, 6.45) is 5.08. The second-order valence-corrected chi connectivity index (χ2v) is 2.95. The van der Waals surface area contributed by atoms with Crippen molar-refractivity contribution in [2.24, 2.45) is 0 Å². The van der Waals surface area contributed by atoms with Crippen LogP contribution in [0.3, 0.4) is 0 Å². The van der Waals surface area contributed by atoms with Crippen LogP contribution in [-0.2, 0) is 0 Å². The number of aromatic carboxylic acids is 2. The van der Waals surface area contributed by atoms with Crippen LogP contribution in [0.25, 0.3) is 0 Å². The van der Waals surface area contributed by atoms with Crippen molar-refractivity contribution in [2.75, 3.05) is 0 Å². The molecule has 0 radical (unpaired) electrons. The monoisotopic (exact) mass is 276 g/mol. The van der Waals surface area contributed by atoms with E-state index in [1.54, 1.807) is 18.7 Å². The molecule has 19 heavy (non-hydrogen) atoms. The number of H-pyrrole nitrogens is 1. The third-order valence-corrected chi connectivity index (χ3v) is 1.76. The molecule has 0 aliphatic heterocycles. The molecule has 8 heteroatoms. The first-order chi connectivity index (χ1) is 8.11. The van der Waals surface area contributed by atoms with Crippen LogP contribution in [0.5, 0.6) is 0 Å². The Bertz CT molecular complexity index is 461. The quantitative estimate of drug-likeness (QED) is 0.534. The Labute approximate surface area is 132 Å². The van der Waals surface area contributed by atoms with Gasteiger partial charge in [-0.3, -0.25) is 0 Å². The molecule has 0 saturated carbocycles. The Kier molecular flexibility index (Phi) is 10.6.